The highest BCUT2D eigenvalue weighted by Gasteiger charge is 2.29. The van der Waals surface area contributed by atoms with Crippen molar-refractivity contribution in [1.29, 1.82) is 5.26 Å². The molecule has 2 aromatic rings. The number of likely N-dealkylation sites (tertiary alicyclic amines) is 1. The van der Waals surface area contributed by atoms with Crippen LogP contribution in [0, 0.1) is 11.3 Å². The van der Waals surface area contributed by atoms with Gasteiger partial charge in [0.1, 0.15) is 11.9 Å². The molecular weight excluding hydrogens is 409 g/mol. The first kappa shape index (κ1) is 23.2. The van der Waals surface area contributed by atoms with Crippen molar-refractivity contribution in [3.63, 3.8) is 0 Å². The van der Waals surface area contributed by atoms with Crippen molar-refractivity contribution >= 4 is 47.4 Å². The monoisotopic (exact) mass is 435 g/mol. The Hall–Kier alpha value is -2.07. The lowest BCUT2D eigenvalue weighted by Crippen LogP contribution is -2.47. The summed E-state index contributed by atoms with van der Waals surface area (Å²) in [5.74, 6) is 1.08. The standard InChI is InChI=1S/C21H25N5O.2ClH/c22-14-18-5-3-11-26(18)21(27)15-23-17-9-12-25(13-10-17)20-8-7-16-4-1-2-6-19(16)24-20;;/h1-2,4,6-8,17-18,23H,3,5,9-13,15H2;2*1H/t18-;;/m0../s1. The molecule has 0 unspecified atom stereocenters. The molecule has 2 aliphatic rings. The second-order valence-corrected chi connectivity index (χ2v) is 7.38. The summed E-state index contributed by atoms with van der Waals surface area (Å²) in [5.41, 5.74) is 1.03. The average molecular weight is 436 g/mol. The molecular formula is C21H27Cl2N5O. The van der Waals surface area contributed by atoms with Crippen LogP contribution >= 0.6 is 24.8 Å². The fraction of sp³-hybridized carbons (Fsp3) is 0.476. The molecule has 0 radical (unpaired) electrons. The molecule has 2 saturated heterocycles. The lowest BCUT2D eigenvalue weighted by atomic mass is 10.0. The lowest BCUT2D eigenvalue weighted by molar-refractivity contribution is -0.130. The summed E-state index contributed by atoms with van der Waals surface area (Å²) in [6.07, 6.45) is 3.72. The van der Waals surface area contributed by atoms with Gasteiger partial charge in [-0.2, -0.15) is 5.26 Å². The number of nitrogens with zero attached hydrogens (tertiary/aromatic N) is 4. The number of piperidine rings is 1. The third-order valence-electron chi connectivity index (χ3n) is 5.67. The van der Waals surface area contributed by atoms with Crippen LogP contribution in [0.2, 0.25) is 0 Å². The van der Waals surface area contributed by atoms with E-state index in [1.54, 1.807) is 4.90 Å². The maximum atomic E-state index is 12.4. The van der Waals surface area contributed by atoms with E-state index in [9.17, 15) is 4.79 Å². The van der Waals surface area contributed by atoms with Gasteiger partial charge in [0.05, 0.1) is 18.1 Å². The first-order valence-electron chi connectivity index (χ1n) is 9.78. The molecule has 1 aromatic carbocycles. The van der Waals surface area contributed by atoms with E-state index < -0.39 is 0 Å². The first-order chi connectivity index (χ1) is 13.2. The van der Waals surface area contributed by atoms with Crippen LogP contribution in [0.1, 0.15) is 25.7 Å². The summed E-state index contributed by atoms with van der Waals surface area (Å²) in [7, 11) is 0. The molecule has 1 amide bonds. The molecule has 0 bridgehead atoms. The Morgan fingerprint density at radius 3 is 2.62 bits per heavy atom. The number of para-hydroxylation sites is 1. The van der Waals surface area contributed by atoms with Crippen LogP contribution in [0.25, 0.3) is 10.9 Å². The quantitative estimate of drug-likeness (QED) is 0.798. The molecule has 156 valence electrons. The van der Waals surface area contributed by atoms with Gasteiger partial charge in [-0.25, -0.2) is 4.98 Å². The maximum absolute atomic E-state index is 12.4. The van der Waals surface area contributed by atoms with Crippen LogP contribution in [-0.2, 0) is 4.79 Å². The minimum absolute atomic E-state index is 0. The maximum Gasteiger partial charge on any atom is 0.237 e. The fourth-order valence-electron chi connectivity index (χ4n) is 4.08. The topological polar surface area (TPSA) is 72.3 Å². The Bertz CT molecular complexity index is 864. The third kappa shape index (κ3) is 5.30. The smallest absolute Gasteiger partial charge is 0.237 e. The highest BCUT2D eigenvalue weighted by Crippen LogP contribution is 2.22. The van der Waals surface area contributed by atoms with Crippen molar-refractivity contribution in [1.82, 2.24) is 15.2 Å². The number of halogens is 2. The molecule has 2 fully saturated rings. The molecule has 1 atom stereocenters. The summed E-state index contributed by atoms with van der Waals surface area (Å²) in [6, 6.07) is 14.7. The number of carbonyl (C=O) groups is 1. The summed E-state index contributed by atoms with van der Waals surface area (Å²) >= 11 is 0. The molecule has 0 saturated carbocycles. The Morgan fingerprint density at radius 1 is 1.10 bits per heavy atom. The summed E-state index contributed by atoms with van der Waals surface area (Å²) in [4.78, 5) is 21.2. The van der Waals surface area contributed by atoms with Gasteiger partial charge in [-0.05, 0) is 43.9 Å². The molecule has 29 heavy (non-hydrogen) atoms. The van der Waals surface area contributed by atoms with Gasteiger partial charge in [-0.1, -0.05) is 18.2 Å². The van der Waals surface area contributed by atoms with Crippen molar-refractivity contribution in [3.8, 4) is 6.07 Å². The number of nitriles is 1. The molecule has 2 aliphatic heterocycles. The minimum Gasteiger partial charge on any atom is -0.356 e. The normalized spacial score (nSPS) is 19.3. The number of fused-ring (bicyclic) bond motifs is 1. The van der Waals surface area contributed by atoms with Gasteiger partial charge in [0.2, 0.25) is 5.91 Å². The van der Waals surface area contributed by atoms with E-state index in [0.717, 1.165) is 55.5 Å². The van der Waals surface area contributed by atoms with Gasteiger partial charge in [-0.15, -0.1) is 24.8 Å². The number of rotatable bonds is 4. The van der Waals surface area contributed by atoms with Crippen molar-refractivity contribution in [2.75, 3.05) is 31.1 Å². The Morgan fingerprint density at radius 2 is 1.86 bits per heavy atom. The van der Waals surface area contributed by atoms with E-state index in [1.807, 2.05) is 18.2 Å². The van der Waals surface area contributed by atoms with E-state index in [0.29, 0.717) is 19.1 Å². The highest BCUT2D eigenvalue weighted by atomic mass is 35.5. The number of nitrogens with one attached hydrogen (secondary N) is 1. The average Bonchev–Trinajstić information content (AvgIpc) is 3.21. The summed E-state index contributed by atoms with van der Waals surface area (Å²) in [6.45, 7) is 2.91. The number of pyridine rings is 1. The van der Waals surface area contributed by atoms with Gasteiger partial charge in [0.25, 0.3) is 0 Å². The van der Waals surface area contributed by atoms with Crippen LogP contribution in [0.3, 0.4) is 0 Å². The lowest BCUT2D eigenvalue weighted by Gasteiger charge is -2.33. The number of anilines is 1. The van der Waals surface area contributed by atoms with Crippen molar-refractivity contribution in [2.24, 2.45) is 0 Å². The van der Waals surface area contributed by atoms with Crippen LogP contribution in [-0.4, -0.2) is 54.1 Å². The van der Waals surface area contributed by atoms with E-state index in [2.05, 4.69) is 34.5 Å². The van der Waals surface area contributed by atoms with Crippen LogP contribution in [0.4, 0.5) is 5.82 Å². The van der Waals surface area contributed by atoms with Crippen molar-refractivity contribution in [2.45, 2.75) is 37.8 Å². The van der Waals surface area contributed by atoms with Crippen molar-refractivity contribution in [3.05, 3.63) is 36.4 Å². The number of amides is 1. The molecule has 6 nitrogen and oxygen atoms in total. The fourth-order valence-corrected chi connectivity index (χ4v) is 4.08. The first-order valence-corrected chi connectivity index (χ1v) is 9.78. The van der Waals surface area contributed by atoms with Crippen LogP contribution in [0.15, 0.2) is 36.4 Å². The predicted molar refractivity (Wildman–Crippen MR) is 120 cm³/mol. The van der Waals surface area contributed by atoms with E-state index in [4.69, 9.17) is 10.2 Å². The van der Waals surface area contributed by atoms with Gasteiger partial charge in [-0.3, -0.25) is 4.79 Å². The van der Waals surface area contributed by atoms with Gasteiger partial charge < -0.3 is 15.1 Å². The molecule has 1 aromatic heterocycles. The highest BCUT2D eigenvalue weighted by molar-refractivity contribution is 5.85. The molecule has 3 heterocycles. The Labute approximate surface area is 184 Å². The second-order valence-electron chi connectivity index (χ2n) is 7.38. The molecule has 4 rings (SSSR count). The number of benzene rings is 1. The van der Waals surface area contributed by atoms with Crippen molar-refractivity contribution < 1.29 is 4.79 Å². The number of aromatic nitrogens is 1. The largest absolute Gasteiger partial charge is 0.356 e. The van der Waals surface area contributed by atoms with E-state index in [1.165, 1.54) is 0 Å². The zero-order chi connectivity index (χ0) is 18.6. The molecule has 0 spiro atoms. The summed E-state index contributed by atoms with van der Waals surface area (Å²) < 4.78 is 0. The minimum atomic E-state index is -0.236. The predicted octanol–water partition coefficient (Wildman–Crippen LogP) is 3.15. The van der Waals surface area contributed by atoms with Gasteiger partial charge in [0.15, 0.2) is 0 Å². The Kier molecular flexibility index (Phi) is 8.51. The Balaban J connectivity index is 0.00000150. The zero-order valence-corrected chi connectivity index (χ0v) is 17.9. The molecule has 0 aliphatic carbocycles. The van der Waals surface area contributed by atoms with Gasteiger partial charge in [0, 0.05) is 31.1 Å². The SMILES string of the molecule is Cl.Cl.N#C[C@@H]1CCCN1C(=O)CNC1CCN(c2ccc3ccccc3n2)CC1. The van der Waals surface area contributed by atoms with E-state index in [-0.39, 0.29) is 36.8 Å². The second kappa shape index (κ2) is 10.6. The zero-order valence-electron chi connectivity index (χ0n) is 16.3. The van der Waals surface area contributed by atoms with Gasteiger partial charge >= 0.3 is 0 Å². The van der Waals surface area contributed by atoms with E-state index >= 15 is 0 Å². The number of hydrogen-bond acceptors (Lipinski definition) is 5. The molecule has 1 N–H and O–H groups in total. The number of carbonyl (C=O) groups excluding carboxylic acids is 1. The molecule has 8 heteroatoms. The van der Waals surface area contributed by atoms with Crippen LogP contribution in [0.5, 0.6) is 0 Å². The van der Waals surface area contributed by atoms with Crippen LogP contribution < -0.4 is 10.2 Å². The summed E-state index contributed by atoms with van der Waals surface area (Å²) in [5, 5.41) is 13.7. The number of hydrogen-bond donors (Lipinski definition) is 1. The third-order valence-corrected chi connectivity index (χ3v) is 5.67.